The summed E-state index contributed by atoms with van der Waals surface area (Å²) < 4.78 is 10.8. The van der Waals surface area contributed by atoms with E-state index in [0.717, 1.165) is 32.5 Å². The number of rotatable bonds is 6. The largest absolute Gasteiger partial charge is 0.458 e. The zero-order chi connectivity index (χ0) is 16.3. The van der Waals surface area contributed by atoms with Crippen molar-refractivity contribution in [2.24, 2.45) is 5.92 Å². The van der Waals surface area contributed by atoms with E-state index in [1.807, 2.05) is 18.2 Å². The van der Waals surface area contributed by atoms with Gasteiger partial charge in [0.1, 0.15) is 6.10 Å². The zero-order valence-electron chi connectivity index (χ0n) is 13.6. The molecule has 2 unspecified atom stereocenters. The van der Waals surface area contributed by atoms with Crippen LogP contribution in [0.3, 0.4) is 0 Å². The summed E-state index contributed by atoms with van der Waals surface area (Å²) in [6.07, 6.45) is 2.22. The lowest BCUT2D eigenvalue weighted by Gasteiger charge is -2.44. The average Bonchev–Trinajstić information content (AvgIpc) is 2.61. The van der Waals surface area contributed by atoms with Gasteiger partial charge in [-0.25, -0.2) is 4.79 Å². The van der Waals surface area contributed by atoms with E-state index in [2.05, 4.69) is 4.90 Å². The molecule has 0 aromatic heterocycles. The molecule has 1 N–H and O–H groups in total. The van der Waals surface area contributed by atoms with E-state index in [4.69, 9.17) is 9.47 Å². The van der Waals surface area contributed by atoms with Crippen LogP contribution in [0.4, 0.5) is 0 Å². The van der Waals surface area contributed by atoms with Crippen molar-refractivity contribution < 1.29 is 19.4 Å². The van der Waals surface area contributed by atoms with Crippen molar-refractivity contribution in [3.63, 3.8) is 0 Å². The fourth-order valence-corrected chi connectivity index (χ4v) is 3.61. The number of methoxy groups -OCH3 is 1. The predicted molar refractivity (Wildman–Crippen MR) is 85.9 cm³/mol. The topological polar surface area (TPSA) is 59.0 Å². The van der Waals surface area contributed by atoms with Crippen LogP contribution >= 0.6 is 0 Å². The highest BCUT2D eigenvalue weighted by molar-refractivity contribution is 5.81. The Morgan fingerprint density at radius 3 is 2.57 bits per heavy atom. The third kappa shape index (κ3) is 3.42. The summed E-state index contributed by atoms with van der Waals surface area (Å²) >= 11 is 0. The van der Waals surface area contributed by atoms with E-state index in [-0.39, 0.29) is 12.5 Å². The maximum atomic E-state index is 12.8. The minimum atomic E-state index is -1.65. The van der Waals surface area contributed by atoms with Gasteiger partial charge >= 0.3 is 5.97 Å². The maximum absolute atomic E-state index is 12.8. The van der Waals surface area contributed by atoms with E-state index >= 15 is 0 Å². The Hall–Kier alpha value is -1.43. The summed E-state index contributed by atoms with van der Waals surface area (Å²) in [4.78, 5) is 15.1. The van der Waals surface area contributed by atoms with E-state index < -0.39 is 11.6 Å². The number of ether oxygens (including phenoxy) is 2. The van der Waals surface area contributed by atoms with Gasteiger partial charge in [-0.15, -0.1) is 0 Å². The standard InChI is InChI=1S/C18H25NO4/c1-22-12-9-18(21,15-5-3-2-4-6-15)17(20)23-16-13-19-10-7-14(16)8-11-19/h2-6,14,16,21H,7-13H2,1H3. The van der Waals surface area contributed by atoms with Crippen molar-refractivity contribution in [3.8, 4) is 0 Å². The van der Waals surface area contributed by atoms with Gasteiger partial charge in [-0.1, -0.05) is 30.3 Å². The highest BCUT2D eigenvalue weighted by atomic mass is 16.6. The number of piperidine rings is 3. The van der Waals surface area contributed by atoms with Crippen LogP contribution in [0.15, 0.2) is 30.3 Å². The minimum Gasteiger partial charge on any atom is -0.458 e. The van der Waals surface area contributed by atoms with Crippen molar-refractivity contribution in [1.29, 1.82) is 0 Å². The molecule has 1 aromatic carbocycles. The number of benzene rings is 1. The number of hydrogen-bond acceptors (Lipinski definition) is 5. The Kier molecular flexibility index (Phi) is 4.99. The summed E-state index contributed by atoms with van der Waals surface area (Å²) in [5.41, 5.74) is -1.09. The molecule has 3 aliphatic rings. The Labute approximate surface area is 137 Å². The first-order valence-electron chi connectivity index (χ1n) is 8.34. The molecule has 23 heavy (non-hydrogen) atoms. The van der Waals surface area contributed by atoms with Crippen LogP contribution in [0.5, 0.6) is 0 Å². The molecule has 3 heterocycles. The Morgan fingerprint density at radius 1 is 1.30 bits per heavy atom. The smallest absolute Gasteiger partial charge is 0.343 e. The predicted octanol–water partition coefficient (Wildman–Crippen LogP) is 1.55. The second-order valence-corrected chi connectivity index (χ2v) is 6.55. The van der Waals surface area contributed by atoms with Crippen LogP contribution in [-0.4, -0.2) is 55.4 Å². The number of carbonyl (C=O) groups excluding carboxylic acids is 1. The minimum absolute atomic E-state index is 0.109. The second kappa shape index (κ2) is 6.99. The van der Waals surface area contributed by atoms with E-state index in [1.165, 1.54) is 0 Å². The second-order valence-electron chi connectivity index (χ2n) is 6.55. The molecule has 0 aliphatic carbocycles. The summed E-state index contributed by atoms with van der Waals surface area (Å²) in [6.45, 7) is 3.25. The van der Waals surface area contributed by atoms with Crippen LogP contribution in [0, 0.1) is 5.92 Å². The number of esters is 1. The van der Waals surface area contributed by atoms with Crippen LogP contribution in [0.2, 0.25) is 0 Å². The van der Waals surface area contributed by atoms with Crippen molar-refractivity contribution in [2.45, 2.75) is 31.0 Å². The van der Waals surface area contributed by atoms with E-state index in [0.29, 0.717) is 18.1 Å². The van der Waals surface area contributed by atoms with Gasteiger partial charge in [0.25, 0.3) is 0 Å². The molecule has 3 fully saturated rings. The molecule has 0 amide bonds. The van der Waals surface area contributed by atoms with Crippen molar-refractivity contribution in [1.82, 2.24) is 4.90 Å². The fraction of sp³-hybridized carbons (Fsp3) is 0.611. The van der Waals surface area contributed by atoms with E-state index in [9.17, 15) is 9.90 Å². The van der Waals surface area contributed by atoms with Gasteiger partial charge in [0.15, 0.2) is 5.60 Å². The van der Waals surface area contributed by atoms with Crippen LogP contribution in [0.1, 0.15) is 24.8 Å². The van der Waals surface area contributed by atoms with Gasteiger partial charge in [0, 0.05) is 26.7 Å². The molecule has 5 heteroatoms. The third-order valence-corrected chi connectivity index (χ3v) is 5.11. The summed E-state index contributed by atoms with van der Waals surface area (Å²) in [5.74, 6) is -0.133. The monoisotopic (exact) mass is 319 g/mol. The summed E-state index contributed by atoms with van der Waals surface area (Å²) in [6, 6.07) is 9.00. The molecule has 3 aliphatic heterocycles. The molecule has 0 radical (unpaired) electrons. The SMILES string of the molecule is COCCC(O)(C(=O)OC1CN2CCC1CC2)c1ccccc1. The number of hydrogen-bond donors (Lipinski definition) is 1. The Bertz CT molecular complexity index is 527. The van der Waals surface area contributed by atoms with Gasteiger partial charge < -0.3 is 14.6 Å². The van der Waals surface area contributed by atoms with Crippen LogP contribution < -0.4 is 0 Å². The number of nitrogens with zero attached hydrogens (tertiary/aromatic N) is 1. The lowest BCUT2D eigenvalue weighted by molar-refractivity contribution is -0.183. The van der Waals surface area contributed by atoms with Crippen molar-refractivity contribution >= 4 is 5.97 Å². The van der Waals surface area contributed by atoms with Crippen molar-refractivity contribution in [3.05, 3.63) is 35.9 Å². The number of fused-ring (bicyclic) bond motifs is 3. The maximum Gasteiger partial charge on any atom is 0.343 e. The van der Waals surface area contributed by atoms with Crippen molar-refractivity contribution in [2.75, 3.05) is 33.4 Å². The van der Waals surface area contributed by atoms with Gasteiger partial charge in [-0.3, -0.25) is 4.90 Å². The first kappa shape index (κ1) is 16.4. The van der Waals surface area contributed by atoms with Crippen LogP contribution in [-0.2, 0) is 19.9 Å². The lowest BCUT2D eigenvalue weighted by atomic mass is 9.85. The molecule has 2 bridgehead atoms. The van der Waals surface area contributed by atoms with Gasteiger partial charge in [-0.2, -0.15) is 0 Å². The molecule has 4 rings (SSSR count). The molecule has 1 aromatic rings. The number of carbonyl (C=O) groups is 1. The quantitative estimate of drug-likeness (QED) is 0.806. The molecule has 3 saturated heterocycles. The highest BCUT2D eigenvalue weighted by Crippen LogP contribution is 2.33. The molecule has 0 saturated carbocycles. The molecular formula is C18H25NO4. The van der Waals surface area contributed by atoms with E-state index in [1.54, 1.807) is 19.2 Å². The fourth-order valence-electron chi connectivity index (χ4n) is 3.61. The molecule has 126 valence electrons. The average molecular weight is 319 g/mol. The van der Waals surface area contributed by atoms with Gasteiger partial charge in [-0.05, 0) is 37.4 Å². The normalized spacial score (nSPS) is 29.0. The molecule has 0 spiro atoms. The zero-order valence-corrected chi connectivity index (χ0v) is 13.6. The highest BCUT2D eigenvalue weighted by Gasteiger charge is 2.43. The summed E-state index contributed by atoms with van der Waals surface area (Å²) in [5, 5.41) is 11.0. The molecule has 2 atom stereocenters. The first-order chi connectivity index (χ1) is 11.1. The van der Waals surface area contributed by atoms with Gasteiger partial charge in [0.2, 0.25) is 0 Å². The molecular weight excluding hydrogens is 294 g/mol. The number of aliphatic hydroxyl groups is 1. The van der Waals surface area contributed by atoms with Gasteiger partial charge in [0.05, 0.1) is 0 Å². The first-order valence-corrected chi connectivity index (χ1v) is 8.34. The third-order valence-electron chi connectivity index (χ3n) is 5.11. The Balaban J connectivity index is 1.75. The summed E-state index contributed by atoms with van der Waals surface area (Å²) in [7, 11) is 1.56. The lowest BCUT2D eigenvalue weighted by Crippen LogP contribution is -2.53. The Morgan fingerprint density at radius 2 is 2.00 bits per heavy atom. The van der Waals surface area contributed by atoms with Crippen LogP contribution in [0.25, 0.3) is 0 Å². The molecule has 5 nitrogen and oxygen atoms in total.